The molecule has 1 saturated heterocycles. The molecule has 2 N–H and O–H groups in total. The number of piperazine rings is 1. The van der Waals surface area contributed by atoms with Crippen LogP contribution < -0.4 is 15.5 Å². The Morgan fingerprint density at radius 1 is 1.12 bits per heavy atom. The predicted octanol–water partition coefficient (Wildman–Crippen LogP) is 2.83. The van der Waals surface area contributed by atoms with Gasteiger partial charge in [-0.25, -0.2) is 4.98 Å². The summed E-state index contributed by atoms with van der Waals surface area (Å²) in [6.45, 7) is 8.75. The molecule has 0 bridgehead atoms. The van der Waals surface area contributed by atoms with Gasteiger partial charge < -0.3 is 20.4 Å². The van der Waals surface area contributed by atoms with Crippen molar-refractivity contribution in [3.05, 3.63) is 47.7 Å². The number of anilines is 3. The van der Waals surface area contributed by atoms with E-state index < -0.39 is 0 Å². The maximum atomic E-state index is 12.7. The molecule has 6 heteroatoms. The first kappa shape index (κ1) is 18.2. The van der Waals surface area contributed by atoms with Crippen LogP contribution in [0, 0.1) is 6.92 Å². The quantitative estimate of drug-likeness (QED) is 0.866. The summed E-state index contributed by atoms with van der Waals surface area (Å²) < 4.78 is 0. The monoisotopic (exact) mass is 353 g/mol. The van der Waals surface area contributed by atoms with Gasteiger partial charge in [-0.3, -0.25) is 4.79 Å². The van der Waals surface area contributed by atoms with Crippen LogP contribution in [0.3, 0.4) is 0 Å². The van der Waals surface area contributed by atoms with Gasteiger partial charge in [0.15, 0.2) is 0 Å². The summed E-state index contributed by atoms with van der Waals surface area (Å²) >= 11 is 0. The molecule has 1 fully saturated rings. The molecule has 1 aliphatic heterocycles. The Kier molecular flexibility index (Phi) is 5.73. The van der Waals surface area contributed by atoms with E-state index in [9.17, 15) is 4.79 Å². The molecular formula is C20H27N5O. The summed E-state index contributed by atoms with van der Waals surface area (Å²) in [4.78, 5) is 21.7. The fourth-order valence-electron chi connectivity index (χ4n) is 3.07. The van der Waals surface area contributed by atoms with Gasteiger partial charge >= 0.3 is 0 Å². The minimum Gasteiger partial charge on any atom is -0.384 e. The zero-order valence-electron chi connectivity index (χ0n) is 15.7. The van der Waals surface area contributed by atoms with Gasteiger partial charge in [0.05, 0.1) is 11.4 Å². The second-order valence-corrected chi connectivity index (χ2v) is 6.73. The van der Waals surface area contributed by atoms with E-state index in [-0.39, 0.29) is 5.91 Å². The van der Waals surface area contributed by atoms with Crippen LogP contribution in [0.2, 0.25) is 0 Å². The first-order valence-electron chi connectivity index (χ1n) is 9.12. The molecular weight excluding hydrogens is 326 g/mol. The predicted molar refractivity (Wildman–Crippen MR) is 107 cm³/mol. The highest BCUT2D eigenvalue weighted by molar-refractivity contribution is 6.06. The number of likely N-dealkylation sites (N-methyl/N-ethyl adjacent to an activating group) is 1. The number of hydrogen-bond donors (Lipinski definition) is 2. The maximum Gasteiger partial charge on any atom is 0.255 e. The van der Waals surface area contributed by atoms with E-state index >= 15 is 0 Å². The highest BCUT2D eigenvalue weighted by Gasteiger charge is 2.17. The van der Waals surface area contributed by atoms with Crippen LogP contribution in [-0.2, 0) is 0 Å². The number of nitrogens with zero attached hydrogens (tertiary/aromatic N) is 3. The van der Waals surface area contributed by atoms with Crippen molar-refractivity contribution in [3.63, 3.8) is 0 Å². The molecule has 2 heterocycles. The van der Waals surface area contributed by atoms with Crippen LogP contribution in [0.5, 0.6) is 0 Å². The van der Waals surface area contributed by atoms with Gasteiger partial charge in [0.25, 0.3) is 5.91 Å². The molecule has 1 aromatic carbocycles. The number of hydrogen-bond acceptors (Lipinski definition) is 5. The smallest absolute Gasteiger partial charge is 0.255 e. The van der Waals surface area contributed by atoms with Crippen molar-refractivity contribution in [2.24, 2.45) is 0 Å². The van der Waals surface area contributed by atoms with E-state index in [4.69, 9.17) is 0 Å². The molecule has 0 atom stereocenters. The van der Waals surface area contributed by atoms with Gasteiger partial charge in [0, 0.05) is 44.5 Å². The number of carbonyl (C=O) groups is 1. The fourth-order valence-corrected chi connectivity index (χ4v) is 3.07. The largest absolute Gasteiger partial charge is 0.384 e. The standard InChI is InChI=1S/C20H27N5O/c1-4-21-18-13-15(2)5-6-17(18)23-20(26)16-7-8-22-19(14-16)25-11-9-24(3)10-12-25/h5-8,13-14,21H,4,9-12H2,1-3H3,(H,23,26). The van der Waals surface area contributed by atoms with Gasteiger partial charge in [0.1, 0.15) is 5.82 Å². The maximum absolute atomic E-state index is 12.7. The lowest BCUT2D eigenvalue weighted by molar-refractivity contribution is 0.102. The van der Waals surface area contributed by atoms with E-state index in [0.29, 0.717) is 5.56 Å². The minimum absolute atomic E-state index is 0.120. The van der Waals surface area contributed by atoms with Crippen molar-refractivity contribution in [2.75, 3.05) is 55.3 Å². The topological polar surface area (TPSA) is 60.5 Å². The number of amides is 1. The van der Waals surface area contributed by atoms with Crippen LogP contribution >= 0.6 is 0 Å². The van der Waals surface area contributed by atoms with Crippen molar-refractivity contribution in [3.8, 4) is 0 Å². The lowest BCUT2D eigenvalue weighted by atomic mass is 10.1. The molecule has 6 nitrogen and oxygen atoms in total. The van der Waals surface area contributed by atoms with Crippen molar-refractivity contribution in [1.82, 2.24) is 9.88 Å². The first-order valence-corrected chi connectivity index (χ1v) is 9.12. The lowest BCUT2D eigenvalue weighted by Gasteiger charge is -2.33. The second-order valence-electron chi connectivity index (χ2n) is 6.73. The van der Waals surface area contributed by atoms with Crippen molar-refractivity contribution >= 4 is 23.1 Å². The molecule has 26 heavy (non-hydrogen) atoms. The summed E-state index contributed by atoms with van der Waals surface area (Å²) in [6, 6.07) is 9.62. The fraction of sp³-hybridized carbons (Fsp3) is 0.400. The normalized spacial score (nSPS) is 15.0. The third kappa shape index (κ3) is 4.32. The number of rotatable bonds is 5. The zero-order valence-corrected chi connectivity index (χ0v) is 15.7. The Morgan fingerprint density at radius 3 is 2.62 bits per heavy atom. The van der Waals surface area contributed by atoms with Crippen LogP contribution in [0.1, 0.15) is 22.8 Å². The van der Waals surface area contributed by atoms with Crippen LogP contribution in [0.15, 0.2) is 36.5 Å². The molecule has 2 aromatic rings. The highest BCUT2D eigenvalue weighted by Crippen LogP contribution is 2.24. The SMILES string of the molecule is CCNc1cc(C)ccc1NC(=O)c1ccnc(N2CCN(C)CC2)c1. The van der Waals surface area contributed by atoms with Crippen LogP contribution in [0.4, 0.5) is 17.2 Å². The number of benzene rings is 1. The summed E-state index contributed by atoms with van der Waals surface area (Å²) in [7, 11) is 2.12. The zero-order chi connectivity index (χ0) is 18.5. The molecule has 3 rings (SSSR count). The Labute approximate surface area is 155 Å². The third-order valence-corrected chi connectivity index (χ3v) is 4.63. The summed E-state index contributed by atoms with van der Waals surface area (Å²) in [6.07, 6.45) is 1.71. The van der Waals surface area contributed by atoms with E-state index in [2.05, 4.69) is 32.5 Å². The average molecular weight is 353 g/mol. The number of aromatic nitrogens is 1. The Balaban J connectivity index is 1.75. The molecule has 1 aliphatic rings. The second kappa shape index (κ2) is 8.19. The van der Waals surface area contributed by atoms with Gasteiger partial charge in [0.2, 0.25) is 0 Å². The molecule has 0 aliphatic carbocycles. The van der Waals surface area contributed by atoms with Crippen molar-refractivity contribution in [2.45, 2.75) is 13.8 Å². The summed E-state index contributed by atoms with van der Waals surface area (Å²) in [5.41, 5.74) is 3.51. The molecule has 1 amide bonds. The Morgan fingerprint density at radius 2 is 1.88 bits per heavy atom. The van der Waals surface area contributed by atoms with E-state index in [1.807, 2.05) is 38.1 Å². The van der Waals surface area contributed by atoms with Gasteiger partial charge in [-0.05, 0) is 50.7 Å². The van der Waals surface area contributed by atoms with E-state index in [0.717, 1.165) is 55.5 Å². The molecule has 0 saturated carbocycles. The van der Waals surface area contributed by atoms with Crippen molar-refractivity contribution < 1.29 is 4.79 Å². The molecule has 0 spiro atoms. The first-order chi connectivity index (χ1) is 12.6. The minimum atomic E-state index is -0.120. The van der Waals surface area contributed by atoms with Crippen LogP contribution in [0.25, 0.3) is 0 Å². The lowest BCUT2D eigenvalue weighted by Crippen LogP contribution is -2.44. The third-order valence-electron chi connectivity index (χ3n) is 4.63. The molecule has 1 aromatic heterocycles. The Hall–Kier alpha value is -2.60. The number of aryl methyl sites for hydroxylation is 1. The van der Waals surface area contributed by atoms with E-state index in [1.165, 1.54) is 0 Å². The molecule has 0 radical (unpaired) electrons. The summed E-state index contributed by atoms with van der Waals surface area (Å²) in [5.74, 6) is 0.743. The van der Waals surface area contributed by atoms with Gasteiger partial charge in [-0.15, -0.1) is 0 Å². The van der Waals surface area contributed by atoms with Gasteiger partial charge in [-0.1, -0.05) is 6.07 Å². The van der Waals surface area contributed by atoms with Gasteiger partial charge in [-0.2, -0.15) is 0 Å². The average Bonchev–Trinajstić information content (AvgIpc) is 2.65. The summed E-state index contributed by atoms with van der Waals surface area (Å²) in [5, 5.41) is 6.32. The number of nitrogens with one attached hydrogen (secondary N) is 2. The number of carbonyl (C=O) groups excluding carboxylic acids is 1. The molecule has 0 unspecified atom stereocenters. The van der Waals surface area contributed by atoms with Crippen LogP contribution in [-0.4, -0.2) is 55.6 Å². The Bertz CT molecular complexity index is 769. The highest BCUT2D eigenvalue weighted by atomic mass is 16.1. The number of pyridine rings is 1. The molecule has 138 valence electrons. The van der Waals surface area contributed by atoms with E-state index in [1.54, 1.807) is 12.3 Å². The van der Waals surface area contributed by atoms with Crippen molar-refractivity contribution in [1.29, 1.82) is 0 Å².